The van der Waals surface area contributed by atoms with Crippen LogP contribution in [-0.4, -0.2) is 21.0 Å². The quantitative estimate of drug-likeness (QED) is 0.768. The second-order valence-corrected chi connectivity index (χ2v) is 4.59. The minimum Gasteiger partial charge on any atom is -0.478 e. The molecule has 0 aliphatic heterocycles. The molecule has 0 bridgehead atoms. The predicted octanol–water partition coefficient (Wildman–Crippen LogP) is 2.94. The van der Waals surface area contributed by atoms with Crippen LogP contribution in [0.15, 0.2) is 54.9 Å². The molecular weight excluding hydrogens is 266 g/mol. The van der Waals surface area contributed by atoms with Gasteiger partial charge in [0.05, 0.1) is 5.52 Å². The van der Waals surface area contributed by atoms with Gasteiger partial charge in [-0.1, -0.05) is 18.2 Å². The summed E-state index contributed by atoms with van der Waals surface area (Å²) in [7, 11) is 0. The standard InChI is InChI=1S/C16H13N3O2/c20-16(21)13-9-12-3-1-2-4-14(12)19-15(13)18-10-11-5-7-17-8-6-11/h1-9H,10H2,(H,18,19)(H,20,21). The minimum atomic E-state index is -0.995. The van der Waals surface area contributed by atoms with Crippen LogP contribution in [0.5, 0.6) is 0 Å². The van der Waals surface area contributed by atoms with Crippen LogP contribution < -0.4 is 5.32 Å². The van der Waals surface area contributed by atoms with Gasteiger partial charge < -0.3 is 10.4 Å². The normalized spacial score (nSPS) is 10.5. The van der Waals surface area contributed by atoms with Gasteiger partial charge in [0.2, 0.25) is 0 Å². The zero-order valence-corrected chi connectivity index (χ0v) is 11.2. The molecule has 0 spiro atoms. The van der Waals surface area contributed by atoms with Crippen molar-refractivity contribution in [3.8, 4) is 0 Å². The van der Waals surface area contributed by atoms with Crippen molar-refractivity contribution in [2.75, 3.05) is 5.32 Å². The van der Waals surface area contributed by atoms with Crippen molar-refractivity contribution in [2.24, 2.45) is 0 Å². The second kappa shape index (κ2) is 5.58. The van der Waals surface area contributed by atoms with Crippen molar-refractivity contribution in [1.82, 2.24) is 9.97 Å². The van der Waals surface area contributed by atoms with Crippen LogP contribution in [-0.2, 0) is 6.54 Å². The number of carbonyl (C=O) groups is 1. The number of carboxylic acids is 1. The third-order valence-corrected chi connectivity index (χ3v) is 3.16. The largest absolute Gasteiger partial charge is 0.478 e. The molecule has 0 aliphatic rings. The van der Waals surface area contributed by atoms with Gasteiger partial charge in [0.1, 0.15) is 11.4 Å². The van der Waals surface area contributed by atoms with E-state index in [0.717, 1.165) is 16.5 Å². The summed E-state index contributed by atoms with van der Waals surface area (Å²) in [6, 6.07) is 12.8. The summed E-state index contributed by atoms with van der Waals surface area (Å²) in [6.45, 7) is 0.494. The van der Waals surface area contributed by atoms with E-state index in [4.69, 9.17) is 0 Å². The second-order valence-electron chi connectivity index (χ2n) is 4.59. The first-order valence-electron chi connectivity index (χ1n) is 6.50. The van der Waals surface area contributed by atoms with Gasteiger partial charge in [-0.05, 0) is 29.8 Å². The Hall–Kier alpha value is -2.95. The monoisotopic (exact) mass is 279 g/mol. The molecule has 5 nitrogen and oxygen atoms in total. The molecule has 2 N–H and O–H groups in total. The molecular formula is C16H13N3O2. The third-order valence-electron chi connectivity index (χ3n) is 3.16. The first kappa shape index (κ1) is 13.1. The van der Waals surface area contributed by atoms with E-state index in [1.165, 1.54) is 0 Å². The van der Waals surface area contributed by atoms with Gasteiger partial charge in [0.15, 0.2) is 0 Å². The maximum Gasteiger partial charge on any atom is 0.339 e. The fraction of sp³-hybridized carbons (Fsp3) is 0.0625. The fourth-order valence-corrected chi connectivity index (χ4v) is 2.10. The number of hydrogen-bond donors (Lipinski definition) is 2. The molecule has 0 atom stereocenters. The lowest BCUT2D eigenvalue weighted by Crippen LogP contribution is -2.08. The Kier molecular flexibility index (Phi) is 3.47. The molecule has 0 aliphatic carbocycles. The number of pyridine rings is 2. The molecule has 5 heteroatoms. The van der Waals surface area contributed by atoms with Crippen molar-refractivity contribution in [1.29, 1.82) is 0 Å². The summed E-state index contributed by atoms with van der Waals surface area (Å²) in [5, 5.41) is 13.2. The number of anilines is 1. The van der Waals surface area contributed by atoms with E-state index < -0.39 is 5.97 Å². The van der Waals surface area contributed by atoms with Crippen LogP contribution in [0.2, 0.25) is 0 Å². The number of nitrogens with one attached hydrogen (secondary N) is 1. The smallest absolute Gasteiger partial charge is 0.339 e. The molecule has 2 aromatic heterocycles. The van der Waals surface area contributed by atoms with Gasteiger partial charge in [-0.2, -0.15) is 0 Å². The number of aromatic nitrogens is 2. The molecule has 0 amide bonds. The average molecular weight is 279 g/mol. The van der Waals surface area contributed by atoms with E-state index in [0.29, 0.717) is 12.4 Å². The molecule has 3 rings (SSSR count). The highest BCUT2D eigenvalue weighted by Crippen LogP contribution is 2.21. The summed E-state index contributed by atoms with van der Waals surface area (Å²) in [4.78, 5) is 19.7. The lowest BCUT2D eigenvalue weighted by atomic mass is 10.1. The summed E-state index contributed by atoms with van der Waals surface area (Å²) < 4.78 is 0. The van der Waals surface area contributed by atoms with Gasteiger partial charge in [-0.3, -0.25) is 4.98 Å². The fourth-order valence-electron chi connectivity index (χ4n) is 2.10. The summed E-state index contributed by atoms with van der Waals surface area (Å²) in [5.41, 5.74) is 1.94. The molecule has 1 aromatic carbocycles. The molecule has 3 aromatic rings. The number of hydrogen-bond acceptors (Lipinski definition) is 4. The number of benzene rings is 1. The summed E-state index contributed by atoms with van der Waals surface area (Å²) in [5.74, 6) is -0.622. The van der Waals surface area contributed by atoms with Gasteiger partial charge in [0, 0.05) is 24.3 Å². The molecule has 21 heavy (non-hydrogen) atoms. The molecule has 2 heterocycles. The number of para-hydroxylation sites is 1. The molecule has 0 unspecified atom stereocenters. The van der Waals surface area contributed by atoms with Crippen LogP contribution in [0.3, 0.4) is 0 Å². The SMILES string of the molecule is O=C(O)c1cc2ccccc2nc1NCc1ccncc1. The Balaban J connectivity index is 1.96. The van der Waals surface area contributed by atoms with E-state index in [1.54, 1.807) is 18.5 Å². The summed E-state index contributed by atoms with van der Waals surface area (Å²) >= 11 is 0. The zero-order chi connectivity index (χ0) is 14.7. The van der Waals surface area contributed by atoms with Crippen molar-refractivity contribution >= 4 is 22.7 Å². The minimum absolute atomic E-state index is 0.169. The zero-order valence-electron chi connectivity index (χ0n) is 11.2. The topological polar surface area (TPSA) is 75.1 Å². The first-order valence-corrected chi connectivity index (χ1v) is 6.50. The van der Waals surface area contributed by atoms with Crippen molar-refractivity contribution < 1.29 is 9.90 Å². The Morgan fingerprint density at radius 3 is 2.67 bits per heavy atom. The highest BCUT2D eigenvalue weighted by molar-refractivity contribution is 5.98. The van der Waals surface area contributed by atoms with Crippen molar-refractivity contribution in [3.05, 3.63) is 66.0 Å². The maximum absolute atomic E-state index is 11.4. The number of carboxylic acid groups (broad SMARTS) is 1. The lowest BCUT2D eigenvalue weighted by molar-refractivity contribution is 0.0697. The Morgan fingerprint density at radius 1 is 1.14 bits per heavy atom. The van der Waals surface area contributed by atoms with Crippen LogP contribution in [0, 0.1) is 0 Å². The van der Waals surface area contributed by atoms with E-state index in [-0.39, 0.29) is 5.56 Å². The van der Waals surface area contributed by atoms with Crippen LogP contribution in [0.25, 0.3) is 10.9 Å². The molecule has 0 radical (unpaired) electrons. The number of nitrogens with zero attached hydrogens (tertiary/aromatic N) is 2. The third kappa shape index (κ3) is 2.81. The van der Waals surface area contributed by atoms with E-state index in [9.17, 15) is 9.90 Å². The van der Waals surface area contributed by atoms with Crippen LogP contribution in [0.4, 0.5) is 5.82 Å². The Morgan fingerprint density at radius 2 is 1.90 bits per heavy atom. The van der Waals surface area contributed by atoms with Gasteiger partial charge in [-0.25, -0.2) is 9.78 Å². The molecule has 104 valence electrons. The van der Waals surface area contributed by atoms with Gasteiger partial charge >= 0.3 is 5.97 Å². The predicted molar refractivity (Wildman–Crippen MR) is 80.3 cm³/mol. The molecule has 0 fully saturated rings. The maximum atomic E-state index is 11.4. The van der Waals surface area contributed by atoms with E-state index in [1.807, 2.05) is 36.4 Å². The highest BCUT2D eigenvalue weighted by Gasteiger charge is 2.13. The summed E-state index contributed by atoms with van der Waals surface area (Å²) in [6.07, 6.45) is 3.39. The number of rotatable bonds is 4. The van der Waals surface area contributed by atoms with Gasteiger partial charge in [-0.15, -0.1) is 0 Å². The van der Waals surface area contributed by atoms with Crippen molar-refractivity contribution in [3.63, 3.8) is 0 Å². The average Bonchev–Trinajstić information content (AvgIpc) is 2.53. The Bertz CT molecular complexity index is 788. The highest BCUT2D eigenvalue weighted by atomic mass is 16.4. The number of aromatic carboxylic acids is 1. The first-order chi connectivity index (χ1) is 10.2. The van der Waals surface area contributed by atoms with E-state index in [2.05, 4.69) is 15.3 Å². The molecule has 0 saturated carbocycles. The van der Waals surface area contributed by atoms with Crippen LogP contribution in [0.1, 0.15) is 15.9 Å². The van der Waals surface area contributed by atoms with Gasteiger partial charge in [0.25, 0.3) is 0 Å². The van der Waals surface area contributed by atoms with Crippen molar-refractivity contribution in [2.45, 2.75) is 6.54 Å². The molecule has 0 saturated heterocycles. The van der Waals surface area contributed by atoms with E-state index >= 15 is 0 Å². The number of fused-ring (bicyclic) bond motifs is 1. The van der Waals surface area contributed by atoms with Crippen LogP contribution >= 0.6 is 0 Å². The Labute approximate surface area is 121 Å². The lowest BCUT2D eigenvalue weighted by Gasteiger charge is -2.10.